The second-order valence-electron chi connectivity index (χ2n) is 4.17. The number of nitrogens with one attached hydrogen (secondary N) is 1. The highest BCUT2D eigenvalue weighted by Gasteiger charge is 2.16. The van der Waals surface area contributed by atoms with Crippen molar-refractivity contribution in [3.63, 3.8) is 0 Å². The number of nitrogens with zero attached hydrogens (tertiary/aromatic N) is 2. The molecule has 0 aliphatic carbocycles. The van der Waals surface area contributed by atoms with Crippen LogP contribution in [0.15, 0.2) is 36.7 Å². The van der Waals surface area contributed by atoms with E-state index >= 15 is 0 Å². The van der Waals surface area contributed by atoms with Gasteiger partial charge in [0.05, 0.1) is 17.8 Å². The zero-order valence-electron chi connectivity index (χ0n) is 10.5. The Hall–Kier alpha value is -1.92. The summed E-state index contributed by atoms with van der Waals surface area (Å²) >= 11 is 5.70. The smallest absolute Gasteiger partial charge is 0.253 e. The second-order valence-corrected chi connectivity index (χ2v) is 4.60. The third-order valence-electron chi connectivity index (χ3n) is 2.68. The first kappa shape index (κ1) is 14.5. The molecule has 2 rings (SSSR count). The molecule has 0 bridgehead atoms. The summed E-state index contributed by atoms with van der Waals surface area (Å²) in [4.78, 5) is 11.7. The molecular formula is C13H13ClFN3O2. The van der Waals surface area contributed by atoms with Crippen molar-refractivity contribution in [2.24, 2.45) is 0 Å². The molecule has 7 heteroatoms. The van der Waals surface area contributed by atoms with Gasteiger partial charge in [-0.3, -0.25) is 9.48 Å². The molecule has 1 aromatic heterocycles. The molecule has 1 unspecified atom stereocenters. The molecule has 1 atom stereocenters. The number of benzene rings is 1. The Morgan fingerprint density at radius 3 is 2.75 bits per heavy atom. The summed E-state index contributed by atoms with van der Waals surface area (Å²) in [6.45, 7) is 0.740. The van der Waals surface area contributed by atoms with Gasteiger partial charge in [-0.15, -0.1) is 0 Å². The molecule has 20 heavy (non-hydrogen) atoms. The van der Waals surface area contributed by atoms with Crippen LogP contribution in [-0.4, -0.2) is 27.3 Å². The van der Waals surface area contributed by atoms with Crippen LogP contribution in [0, 0.1) is 5.82 Å². The molecule has 5 nitrogen and oxygen atoms in total. The fourth-order valence-electron chi connectivity index (χ4n) is 1.65. The number of hydrogen-bond acceptors (Lipinski definition) is 3. The van der Waals surface area contributed by atoms with E-state index < -0.39 is 17.8 Å². The Kier molecular flexibility index (Phi) is 4.70. The number of rotatable bonds is 5. The lowest BCUT2D eigenvalue weighted by Crippen LogP contribution is -2.32. The molecule has 0 spiro atoms. The van der Waals surface area contributed by atoms with Crippen LogP contribution in [0.25, 0.3) is 0 Å². The van der Waals surface area contributed by atoms with Gasteiger partial charge in [-0.2, -0.15) is 5.10 Å². The number of aliphatic hydroxyl groups is 1. The van der Waals surface area contributed by atoms with Crippen LogP contribution < -0.4 is 5.32 Å². The second kappa shape index (κ2) is 6.49. The number of hydrogen-bond donors (Lipinski definition) is 2. The number of aliphatic hydroxyl groups excluding tert-OH is 1. The van der Waals surface area contributed by atoms with E-state index in [0.29, 0.717) is 23.7 Å². The van der Waals surface area contributed by atoms with Crippen LogP contribution in [0.1, 0.15) is 11.7 Å². The number of amides is 1. The van der Waals surface area contributed by atoms with E-state index in [1.54, 1.807) is 10.9 Å². The lowest BCUT2D eigenvalue weighted by Gasteiger charge is -2.11. The predicted octanol–water partition coefficient (Wildman–Crippen LogP) is 1.53. The molecule has 0 radical (unpaired) electrons. The van der Waals surface area contributed by atoms with Gasteiger partial charge in [-0.25, -0.2) is 4.39 Å². The van der Waals surface area contributed by atoms with Crippen molar-refractivity contribution in [1.29, 1.82) is 0 Å². The van der Waals surface area contributed by atoms with Crippen molar-refractivity contribution >= 4 is 17.5 Å². The van der Waals surface area contributed by atoms with Crippen molar-refractivity contribution < 1.29 is 14.3 Å². The van der Waals surface area contributed by atoms with Crippen LogP contribution in [0.3, 0.4) is 0 Å². The molecule has 0 saturated carbocycles. The van der Waals surface area contributed by atoms with Crippen molar-refractivity contribution in [3.05, 3.63) is 53.1 Å². The molecule has 106 valence electrons. The Balaban J connectivity index is 1.83. The lowest BCUT2D eigenvalue weighted by atomic mass is 10.1. The molecule has 2 N–H and O–H groups in total. The van der Waals surface area contributed by atoms with Gasteiger partial charge in [0, 0.05) is 12.7 Å². The third-order valence-corrected chi connectivity index (χ3v) is 2.87. The third kappa shape index (κ3) is 3.79. The summed E-state index contributed by atoms with van der Waals surface area (Å²) < 4.78 is 14.3. The largest absolute Gasteiger partial charge is 0.378 e. The molecular weight excluding hydrogens is 285 g/mol. The van der Waals surface area contributed by atoms with Crippen LogP contribution in [0.5, 0.6) is 0 Å². The van der Waals surface area contributed by atoms with Gasteiger partial charge in [0.1, 0.15) is 5.82 Å². The zero-order chi connectivity index (χ0) is 14.5. The maximum atomic E-state index is 12.7. The Morgan fingerprint density at radius 2 is 2.15 bits per heavy atom. The fraction of sp³-hybridized carbons (Fsp3) is 0.231. The van der Waals surface area contributed by atoms with E-state index in [1.807, 2.05) is 0 Å². The summed E-state index contributed by atoms with van der Waals surface area (Å²) in [5.74, 6) is -0.966. The highest BCUT2D eigenvalue weighted by atomic mass is 35.5. The summed E-state index contributed by atoms with van der Waals surface area (Å²) in [5.41, 5.74) is 0.339. The van der Waals surface area contributed by atoms with Gasteiger partial charge in [-0.1, -0.05) is 23.7 Å². The lowest BCUT2D eigenvalue weighted by molar-refractivity contribution is -0.129. The minimum absolute atomic E-state index is 0.301. The van der Waals surface area contributed by atoms with E-state index in [-0.39, 0.29) is 0 Å². The first-order chi connectivity index (χ1) is 9.56. The quantitative estimate of drug-likeness (QED) is 0.879. The van der Waals surface area contributed by atoms with E-state index in [4.69, 9.17) is 11.6 Å². The maximum absolute atomic E-state index is 12.7. The molecule has 1 heterocycles. The number of carbonyl (C=O) groups is 1. The number of carbonyl (C=O) groups excluding carboxylic acids is 1. The number of halogens is 2. The first-order valence-corrected chi connectivity index (χ1v) is 6.33. The molecule has 0 aliphatic heterocycles. The Morgan fingerprint density at radius 1 is 1.45 bits per heavy atom. The van der Waals surface area contributed by atoms with Crippen LogP contribution in [0.2, 0.25) is 5.02 Å². The summed E-state index contributed by atoms with van der Waals surface area (Å²) in [5, 5.41) is 16.8. The SMILES string of the molecule is O=C(NCCn1cc(Cl)cn1)C(O)c1ccc(F)cc1. The van der Waals surface area contributed by atoms with Crippen molar-refractivity contribution in [2.45, 2.75) is 12.6 Å². The minimum Gasteiger partial charge on any atom is -0.378 e. The molecule has 0 aliphatic rings. The van der Waals surface area contributed by atoms with Gasteiger partial charge in [-0.05, 0) is 17.7 Å². The standard InChI is InChI=1S/C13H13ClFN3O2/c14-10-7-17-18(8-10)6-5-16-13(20)12(19)9-1-3-11(15)4-2-9/h1-4,7-8,12,19H,5-6H2,(H,16,20). The van der Waals surface area contributed by atoms with Crippen LogP contribution in [-0.2, 0) is 11.3 Å². The average Bonchev–Trinajstić information content (AvgIpc) is 2.84. The van der Waals surface area contributed by atoms with E-state index in [0.717, 1.165) is 0 Å². The first-order valence-electron chi connectivity index (χ1n) is 5.95. The topological polar surface area (TPSA) is 67.2 Å². The molecule has 0 saturated heterocycles. The number of aromatic nitrogens is 2. The highest BCUT2D eigenvalue weighted by Crippen LogP contribution is 2.13. The Labute approximate surface area is 120 Å². The van der Waals surface area contributed by atoms with Crippen molar-refractivity contribution in [2.75, 3.05) is 6.54 Å². The van der Waals surface area contributed by atoms with Crippen molar-refractivity contribution in [3.8, 4) is 0 Å². The zero-order valence-corrected chi connectivity index (χ0v) is 11.2. The highest BCUT2D eigenvalue weighted by molar-refractivity contribution is 6.30. The van der Waals surface area contributed by atoms with Crippen LogP contribution >= 0.6 is 11.6 Å². The minimum atomic E-state index is -1.32. The van der Waals surface area contributed by atoms with E-state index in [2.05, 4.69) is 10.4 Å². The molecule has 1 amide bonds. The predicted molar refractivity (Wildman–Crippen MR) is 71.6 cm³/mol. The van der Waals surface area contributed by atoms with Gasteiger partial charge in [0.2, 0.25) is 0 Å². The van der Waals surface area contributed by atoms with Gasteiger partial charge in [0.25, 0.3) is 5.91 Å². The monoisotopic (exact) mass is 297 g/mol. The van der Waals surface area contributed by atoms with Gasteiger partial charge >= 0.3 is 0 Å². The summed E-state index contributed by atoms with van der Waals surface area (Å²) in [6.07, 6.45) is 1.80. The molecule has 2 aromatic rings. The van der Waals surface area contributed by atoms with Gasteiger partial charge in [0.15, 0.2) is 6.10 Å². The van der Waals surface area contributed by atoms with Crippen molar-refractivity contribution in [1.82, 2.24) is 15.1 Å². The summed E-state index contributed by atoms with van der Waals surface area (Å²) in [7, 11) is 0. The normalized spacial score (nSPS) is 12.2. The fourth-order valence-corrected chi connectivity index (χ4v) is 1.80. The maximum Gasteiger partial charge on any atom is 0.253 e. The molecule has 0 fully saturated rings. The van der Waals surface area contributed by atoms with Crippen LogP contribution in [0.4, 0.5) is 4.39 Å². The Bertz CT molecular complexity index is 586. The van der Waals surface area contributed by atoms with Gasteiger partial charge < -0.3 is 10.4 Å². The summed E-state index contributed by atoms with van der Waals surface area (Å²) in [6, 6.07) is 5.12. The van der Waals surface area contributed by atoms with E-state index in [9.17, 15) is 14.3 Å². The average molecular weight is 298 g/mol. The van der Waals surface area contributed by atoms with E-state index in [1.165, 1.54) is 30.5 Å². The molecule has 1 aromatic carbocycles.